The van der Waals surface area contributed by atoms with Gasteiger partial charge in [0.05, 0.1) is 16.1 Å². The summed E-state index contributed by atoms with van der Waals surface area (Å²) in [6.07, 6.45) is 2.13. The average Bonchev–Trinajstić information content (AvgIpc) is 3.25. The number of rotatable bonds is 7. The fraction of sp³-hybridized carbons (Fsp3) is 0.120. The molecule has 0 unspecified atom stereocenters. The maximum absolute atomic E-state index is 13.4. The summed E-state index contributed by atoms with van der Waals surface area (Å²) in [6.45, 7) is 2.30. The molecule has 9 heteroatoms. The minimum Gasteiger partial charge on any atom is -0.352 e. The Balaban J connectivity index is 1.55. The highest BCUT2D eigenvalue weighted by atomic mass is 32.2. The summed E-state index contributed by atoms with van der Waals surface area (Å²) >= 11 is 0. The Kier molecular flexibility index (Phi) is 6.58. The molecule has 0 atom stereocenters. The number of aromatic nitrogens is 2. The van der Waals surface area contributed by atoms with E-state index < -0.39 is 10.0 Å². The Labute approximate surface area is 197 Å². The summed E-state index contributed by atoms with van der Waals surface area (Å²) in [7, 11) is -3.75. The molecule has 3 aromatic carbocycles. The van der Waals surface area contributed by atoms with Crippen molar-refractivity contribution < 1.29 is 17.6 Å². The number of amides is 1. The first-order valence-corrected chi connectivity index (χ1v) is 12.1. The van der Waals surface area contributed by atoms with Crippen molar-refractivity contribution in [2.45, 2.75) is 18.2 Å². The largest absolute Gasteiger partial charge is 0.352 e. The maximum Gasteiger partial charge on any atom is 0.255 e. The van der Waals surface area contributed by atoms with Gasteiger partial charge in [-0.15, -0.1) is 0 Å². The second-order valence-corrected chi connectivity index (χ2v) is 9.44. The van der Waals surface area contributed by atoms with E-state index in [-0.39, 0.29) is 16.6 Å². The molecule has 1 aromatic heterocycles. The van der Waals surface area contributed by atoms with E-state index in [1.165, 1.54) is 24.3 Å². The first-order chi connectivity index (χ1) is 16.2. The van der Waals surface area contributed by atoms with E-state index in [0.29, 0.717) is 29.9 Å². The predicted octanol–water partition coefficient (Wildman–Crippen LogP) is 3.61. The molecule has 4 aromatic rings. The number of hydrogen-bond donors (Lipinski definition) is 2. The third-order valence-corrected chi connectivity index (χ3v) is 6.22. The van der Waals surface area contributed by atoms with E-state index in [1.54, 1.807) is 35.1 Å². The van der Waals surface area contributed by atoms with Crippen molar-refractivity contribution in [3.63, 3.8) is 0 Å². The zero-order chi connectivity index (χ0) is 24.3. The van der Waals surface area contributed by atoms with Crippen molar-refractivity contribution in [3.05, 3.63) is 102 Å². The molecule has 3 N–H and O–H groups in total. The van der Waals surface area contributed by atoms with Crippen molar-refractivity contribution in [3.8, 4) is 16.9 Å². The topological polar surface area (TPSA) is 107 Å². The summed E-state index contributed by atoms with van der Waals surface area (Å²) in [4.78, 5) is 13.1. The Bertz CT molecular complexity index is 1430. The van der Waals surface area contributed by atoms with Crippen molar-refractivity contribution in [2.24, 2.45) is 5.14 Å². The van der Waals surface area contributed by atoms with Gasteiger partial charge in [0.15, 0.2) is 0 Å². The van der Waals surface area contributed by atoms with E-state index in [2.05, 4.69) is 10.4 Å². The van der Waals surface area contributed by atoms with Crippen LogP contribution in [0.4, 0.5) is 4.39 Å². The van der Waals surface area contributed by atoms with Crippen molar-refractivity contribution in [2.75, 3.05) is 6.54 Å². The summed E-state index contributed by atoms with van der Waals surface area (Å²) in [6, 6.07) is 19.8. The Morgan fingerprint density at radius 3 is 2.41 bits per heavy atom. The highest BCUT2D eigenvalue weighted by Gasteiger charge is 2.19. The van der Waals surface area contributed by atoms with Gasteiger partial charge in [-0.1, -0.05) is 35.9 Å². The van der Waals surface area contributed by atoms with E-state index in [4.69, 9.17) is 5.14 Å². The monoisotopic (exact) mass is 478 g/mol. The SMILES string of the molecule is Cc1cccc(-c2nn(-c3ccc(F)cc3)cc2C(=O)NCCc2ccc(S(N)(=O)=O)cc2)c1. The number of sulfonamides is 1. The molecule has 0 aliphatic rings. The van der Waals surface area contributed by atoms with Crippen LogP contribution in [-0.2, 0) is 16.4 Å². The number of primary sulfonamides is 1. The van der Waals surface area contributed by atoms with Crippen molar-refractivity contribution >= 4 is 15.9 Å². The molecule has 0 saturated carbocycles. The lowest BCUT2D eigenvalue weighted by Crippen LogP contribution is -2.26. The highest BCUT2D eigenvalue weighted by Crippen LogP contribution is 2.25. The lowest BCUT2D eigenvalue weighted by Gasteiger charge is -2.07. The molecule has 0 aliphatic carbocycles. The minimum absolute atomic E-state index is 0.0382. The first kappa shape index (κ1) is 23.3. The van der Waals surface area contributed by atoms with Gasteiger partial charge in [-0.3, -0.25) is 4.79 Å². The van der Waals surface area contributed by atoms with Crippen molar-refractivity contribution in [1.82, 2.24) is 15.1 Å². The molecular weight excluding hydrogens is 455 g/mol. The smallest absolute Gasteiger partial charge is 0.255 e. The molecule has 0 bridgehead atoms. The molecule has 0 saturated heterocycles. The Morgan fingerprint density at radius 2 is 1.76 bits per heavy atom. The molecule has 174 valence electrons. The van der Waals surface area contributed by atoms with Gasteiger partial charge in [0.1, 0.15) is 11.5 Å². The van der Waals surface area contributed by atoms with Gasteiger partial charge < -0.3 is 5.32 Å². The molecule has 7 nitrogen and oxygen atoms in total. The van der Waals surface area contributed by atoms with Gasteiger partial charge in [0.25, 0.3) is 5.91 Å². The first-order valence-electron chi connectivity index (χ1n) is 10.5. The van der Waals surface area contributed by atoms with Crippen LogP contribution >= 0.6 is 0 Å². The fourth-order valence-corrected chi connectivity index (χ4v) is 4.05. The fourth-order valence-electron chi connectivity index (χ4n) is 3.53. The van der Waals surface area contributed by atoms with Crippen LogP contribution < -0.4 is 10.5 Å². The summed E-state index contributed by atoms with van der Waals surface area (Å²) < 4.78 is 37.7. The van der Waals surface area contributed by atoms with Gasteiger partial charge in [0, 0.05) is 18.3 Å². The number of benzene rings is 3. The third-order valence-electron chi connectivity index (χ3n) is 5.29. The molecule has 4 rings (SSSR count). The van der Waals surface area contributed by atoms with Gasteiger partial charge in [-0.25, -0.2) is 22.6 Å². The Morgan fingerprint density at radius 1 is 1.06 bits per heavy atom. The molecule has 0 radical (unpaired) electrons. The van der Waals surface area contributed by atoms with Crippen LogP contribution in [0, 0.1) is 12.7 Å². The third kappa shape index (κ3) is 5.38. The van der Waals surface area contributed by atoms with Crippen LogP contribution in [0.1, 0.15) is 21.5 Å². The minimum atomic E-state index is -3.75. The van der Waals surface area contributed by atoms with Crippen LogP contribution in [0.5, 0.6) is 0 Å². The number of hydrogen-bond acceptors (Lipinski definition) is 4. The number of nitrogens with two attached hydrogens (primary N) is 1. The van der Waals surface area contributed by atoms with Crippen LogP contribution in [0.15, 0.2) is 83.9 Å². The zero-order valence-electron chi connectivity index (χ0n) is 18.4. The highest BCUT2D eigenvalue weighted by molar-refractivity contribution is 7.89. The normalized spacial score (nSPS) is 11.4. The Hall–Kier alpha value is -3.82. The number of nitrogens with zero attached hydrogens (tertiary/aromatic N) is 2. The summed E-state index contributed by atoms with van der Waals surface area (Å²) in [5.41, 5.74) is 4.22. The van der Waals surface area contributed by atoms with Gasteiger partial charge in [-0.05, 0) is 61.4 Å². The number of halogens is 1. The van der Waals surface area contributed by atoms with E-state index >= 15 is 0 Å². The lowest BCUT2D eigenvalue weighted by molar-refractivity contribution is 0.0954. The zero-order valence-corrected chi connectivity index (χ0v) is 19.2. The summed E-state index contributed by atoms with van der Waals surface area (Å²) in [5.74, 6) is -0.657. The molecule has 0 aliphatic heterocycles. The second-order valence-electron chi connectivity index (χ2n) is 7.88. The summed E-state index contributed by atoms with van der Waals surface area (Å²) in [5, 5.41) is 12.6. The molecule has 1 amide bonds. The van der Waals surface area contributed by atoms with Gasteiger partial charge in [-0.2, -0.15) is 5.10 Å². The molecule has 0 spiro atoms. The predicted molar refractivity (Wildman–Crippen MR) is 128 cm³/mol. The van der Waals surface area contributed by atoms with Crippen LogP contribution in [0.3, 0.4) is 0 Å². The molecule has 1 heterocycles. The van der Waals surface area contributed by atoms with Crippen LogP contribution in [0.2, 0.25) is 0 Å². The standard InChI is InChI=1S/C25H23FN4O3S/c1-17-3-2-4-19(15-17)24-23(16-30(29-24)21-9-7-20(26)8-10-21)25(31)28-14-13-18-5-11-22(12-6-18)34(27,32)33/h2-12,15-16H,13-14H2,1H3,(H,28,31)(H2,27,32,33). The molecular formula is C25H23FN4O3S. The van der Waals surface area contributed by atoms with Crippen molar-refractivity contribution in [1.29, 1.82) is 0 Å². The quantitative estimate of drug-likeness (QED) is 0.423. The molecule has 34 heavy (non-hydrogen) atoms. The van der Waals surface area contributed by atoms with Crippen LogP contribution in [0.25, 0.3) is 16.9 Å². The van der Waals surface area contributed by atoms with Gasteiger partial charge >= 0.3 is 0 Å². The van der Waals surface area contributed by atoms with E-state index in [9.17, 15) is 17.6 Å². The lowest BCUT2D eigenvalue weighted by atomic mass is 10.1. The maximum atomic E-state index is 13.4. The average molecular weight is 479 g/mol. The number of aryl methyl sites for hydroxylation is 1. The number of carbonyl (C=O) groups is 1. The molecule has 0 fully saturated rings. The number of nitrogens with one attached hydrogen (secondary N) is 1. The second kappa shape index (κ2) is 9.58. The van der Waals surface area contributed by atoms with E-state index in [1.807, 2.05) is 31.2 Å². The van der Waals surface area contributed by atoms with Gasteiger partial charge in [0.2, 0.25) is 10.0 Å². The van der Waals surface area contributed by atoms with Crippen LogP contribution in [-0.4, -0.2) is 30.7 Å². The number of carbonyl (C=O) groups excluding carboxylic acids is 1. The van der Waals surface area contributed by atoms with E-state index in [0.717, 1.165) is 16.7 Å².